The third-order valence-electron chi connectivity index (χ3n) is 5.57. The molecule has 0 bridgehead atoms. The molecule has 0 spiro atoms. The maximum absolute atomic E-state index is 12.6. The molecule has 1 N–H and O–H groups in total. The summed E-state index contributed by atoms with van der Waals surface area (Å²) in [5, 5.41) is 24.3. The van der Waals surface area contributed by atoms with Crippen LogP contribution in [-0.4, -0.2) is 43.1 Å². The van der Waals surface area contributed by atoms with E-state index in [1.54, 1.807) is 53.3 Å². The minimum Gasteiger partial charge on any atom is -0.508 e. The van der Waals surface area contributed by atoms with Gasteiger partial charge in [0.25, 0.3) is 0 Å². The molecule has 3 aromatic heterocycles. The number of aromatic nitrogens is 4. The second kappa shape index (κ2) is 10.5. The number of hydrogen-bond donors (Lipinski definition) is 1. The first kappa shape index (κ1) is 24.6. The van der Waals surface area contributed by atoms with Crippen molar-refractivity contribution in [2.45, 2.75) is 27.2 Å². The average molecular weight is 533 g/mol. The number of carbonyl (C=O) groups excluding carboxylic acids is 1. The molecule has 37 heavy (non-hydrogen) atoms. The van der Waals surface area contributed by atoms with Crippen molar-refractivity contribution < 1.29 is 14.6 Å². The topological polar surface area (TPSA) is 106 Å². The molecule has 11 heteroatoms. The first-order valence-corrected chi connectivity index (χ1v) is 13.3. The molecule has 0 aliphatic carbocycles. The van der Waals surface area contributed by atoms with E-state index in [-0.39, 0.29) is 12.4 Å². The van der Waals surface area contributed by atoms with Gasteiger partial charge in [-0.2, -0.15) is 10.2 Å². The van der Waals surface area contributed by atoms with Crippen molar-refractivity contribution >= 4 is 39.8 Å². The minimum atomic E-state index is -0.415. The number of ether oxygens (including phenoxy) is 1. The normalized spacial score (nSPS) is 12.1. The Morgan fingerprint density at radius 3 is 2.57 bits per heavy atom. The molecule has 0 atom stereocenters. The molecule has 5 aromatic rings. The maximum atomic E-state index is 12.6. The smallest absolute Gasteiger partial charge is 0.350 e. The number of carbonyl (C=O) groups is 1. The largest absolute Gasteiger partial charge is 0.508 e. The lowest BCUT2D eigenvalue weighted by atomic mass is 10.1. The number of aromatic hydroxyl groups is 1. The fourth-order valence-electron chi connectivity index (χ4n) is 3.82. The molecule has 0 aliphatic rings. The van der Waals surface area contributed by atoms with Crippen molar-refractivity contribution in [2.75, 3.05) is 6.61 Å². The Balaban J connectivity index is 1.64. The summed E-state index contributed by atoms with van der Waals surface area (Å²) < 4.78 is 8.85. The van der Waals surface area contributed by atoms with Crippen LogP contribution < -0.4 is 4.80 Å². The Morgan fingerprint density at radius 1 is 1.11 bits per heavy atom. The van der Waals surface area contributed by atoms with Crippen LogP contribution in [0.15, 0.2) is 64.8 Å². The number of phenolic OH excluding ortho intramolecular Hbond substituents is 1. The highest BCUT2D eigenvalue weighted by Crippen LogP contribution is 2.26. The van der Waals surface area contributed by atoms with Crippen molar-refractivity contribution in [3.8, 4) is 22.7 Å². The van der Waals surface area contributed by atoms with E-state index >= 15 is 0 Å². The highest BCUT2D eigenvalue weighted by atomic mass is 32.1. The Kier molecular flexibility index (Phi) is 6.97. The van der Waals surface area contributed by atoms with Crippen molar-refractivity contribution in [3.05, 3.63) is 80.7 Å². The van der Waals surface area contributed by atoms with Crippen LogP contribution in [0.3, 0.4) is 0 Å². The number of aryl methyl sites for hydroxylation is 1. The van der Waals surface area contributed by atoms with E-state index in [2.05, 4.69) is 17.1 Å². The van der Waals surface area contributed by atoms with Crippen molar-refractivity contribution in [1.29, 1.82) is 0 Å². The quantitative estimate of drug-likeness (QED) is 0.180. The zero-order valence-electron chi connectivity index (χ0n) is 20.5. The number of benzene rings is 2. The highest BCUT2D eigenvalue weighted by Gasteiger charge is 2.19. The maximum Gasteiger partial charge on any atom is 0.350 e. The summed E-state index contributed by atoms with van der Waals surface area (Å²) in [5.41, 5.74) is 3.85. The fourth-order valence-corrected chi connectivity index (χ4v) is 5.64. The third-order valence-corrected chi connectivity index (χ3v) is 7.74. The van der Waals surface area contributed by atoms with Gasteiger partial charge in [0.2, 0.25) is 9.76 Å². The lowest BCUT2D eigenvalue weighted by Gasteiger charge is -2.06. The second-order valence-electron chi connectivity index (χ2n) is 7.97. The lowest BCUT2D eigenvalue weighted by molar-refractivity contribution is 0.0530. The molecular formula is C26H24N6O3S2. The van der Waals surface area contributed by atoms with E-state index in [0.29, 0.717) is 15.4 Å². The monoisotopic (exact) mass is 532 g/mol. The van der Waals surface area contributed by atoms with Crippen LogP contribution in [0.2, 0.25) is 0 Å². The van der Waals surface area contributed by atoms with Crippen LogP contribution in [0.5, 0.6) is 5.75 Å². The number of rotatable bonds is 7. The van der Waals surface area contributed by atoms with E-state index in [9.17, 15) is 9.90 Å². The zero-order chi connectivity index (χ0) is 25.9. The molecule has 5 rings (SSSR count). The molecule has 0 saturated carbocycles. The van der Waals surface area contributed by atoms with E-state index in [0.717, 1.165) is 39.0 Å². The van der Waals surface area contributed by atoms with Crippen molar-refractivity contribution in [2.24, 2.45) is 10.2 Å². The van der Waals surface area contributed by atoms with Crippen LogP contribution in [-0.2, 0) is 11.2 Å². The third kappa shape index (κ3) is 4.83. The number of nitrogens with zero attached hydrogens (tertiary/aromatic N) is 6. The molecule has 0 fully saturated rings. The van der Waals surface area contributed by atoms with Gasteiger partial charge in [0, 0.05) is 16.9 Å². The predicted octanol–water partition coefficient (Wildman–Crippen LogP) is 5.00. The summed E-state index contributed by atoms with van der Waals surface area (Å²) >= 11 is 2.74. The number of thiazole rings is 1. The molecule has 0 amide bonds. The SMILES string of the molecule is CCOC(=O)c1s/c(=N\N=C\c2c(-c3ccccc3)nc3sc(CC)nn23)n(-c2ccc(O)cc2)c1C. The summed E-state index contributed by atoms with van der Waals surface area (Å²) in [4.78, 5) is 19.1. The molecule has 0 saturated heterocycles. The number of phenols is 1. The van der Waals surface area contributed by atoms with E-state index in [4.69, 9.17) is 14.8 Å². The predicted molar refractivity (Wildman–Crippen MR) is 145 cm³/mol. The van der Waals surface area contributed by atoms with Crippen LogP contribution in [0.25, 0.3) is 21.9 Å². The standard InChI is InChI=1S/C26H24N6O3S2/c1-4-21-30-32-20(22(28-25(32)36-21)17-9-7-6-8-10-17)15-27-29-26-31(18-11-13-19(33)14-12-18)16(3)23(37-26)24(34)35-5-2/h6-15,33H,4-5H2,1-3H3/b27-15+,29-26-. The van der Waals surface area contributed by atoms with Gasteiger partial charge in [-0.05, 0) is 44.5 Å². The minimum absolute atomic E-state index is 0.146. The molecule has 9 nitrogen and oxygen atoms in total. The number of imidazole rings is 1. The van der Waals surface area contributed by atoms with Gasteiger partial charge in [-0.25, -0.2) is 14.3 Å². The van der Waals surface area contributed by atoms with Crippen LogP contribution >= 0.6 is 22.7 Å². The molecule has 2 aromatic carbocycles. The van der Waals surface area contributed by atoms with E-state index in [1.807, 2.05) is 41.8 Å². The van der Waals surface area contributed by atoms with Gasteiger partial charge in [0.15, 0.2) is 0 Å². The molecule has 188 valence electrons. The molecule has 0 unspecified atom stereocenters. The van der Waals surface area contributed by atoms with Gasteiger partial charge in [-0.1, -0.05) is 59.9 Å². The molecular weight excluding hydrogens is 508 g/mol. The molecule has 0 aliphatic heterocycles. The second-order valence-corrected chi connectivity index (χ2v) is 9.99. The van der Waals surface area contributed by atoms with Gasteiger partial charge in [-0.15, -0.1) is 5.10 Å². The van der Waals surface area contributed by atoms with Crippen LogP contribution in [0.1, 0.15) is 39.9 Å². The van der Waals surface area contributed by atoms with E-state index in [1.165, 1.54) is 11.3 Å². The van der Waals surface area contributed by atoms with Gasteiger partial charge in [-0.3, -0.25) is 4.57 Å². The van der Waals surface area contributed by atoms with Crippen LogP contribution in [0, 0.1) is 6.92 Å². The Morgan fingerprint density at radius 2 is 1.86 bits per heavy atom. The molecule has 0 radical (unpaired) electrons. The summed E-state index contributed by atoms with van der Waals surface area (Å²) in [6, 6.07) is 16.5. The lowest BCUT2D eigenvalue weighted by Crippen LogP contribution is -2.14. The summed E-state index contributed by atoms with van der Waals surface area (Å²) in [7, 11) is 0. The Labute approximate surface area is 220 Å². The number of hydrogen-bond acceptors (Lipinski definition) is 9. The van der Waals surface area contributed by atoms with Gasteiger partial charge in [0.05, 0.1) is 12.8 Å². The Hall–Kier alpha value is -4.09. The summed E-state index contributed by atoms with van der Waals surface area (Å²) in [5.74, 6) is -0.270. The van der Waals surface area contributed by atoms with Crippen molar-refractivity contribution in [1.82, 2.24) is 19.2 Å². The number of fused-ring (bicyclic) bond motifs is 1. The summed E-state index contributed by atoms with van der Waals surface area (Å²) in [6.07, 6.45) is 2.45. The van der Waals surface area contributed by atoms with Gasteiger partial charge < -0.3 is 9.84 Å². The first-order valence-electron chi connectivity index (χ1n) is 11.7. The Bertz CT molecular complexity index is 1660. The highest BCUT2D eigenvalue weighted by molar-refractivity contribution is 7.16. The fraction of sp³-hybridized carbons (Fsp3) is 0.192. The number of esters is 1. The zero-order valence-corrected chi connectivity index (χ0v) is 22.1. The van der Waals surface area contributed by atoms with E-state index < -0.39 is 5.97 Å². The average Bonchev–Trinajstić information content (AvgIpc) is 3.57. The van der Waals surface area contributed by atoms with Gasteiger partial charge in [0.1, 0.15) is 27.0 Å². The summed E-state index contributed by atoms with van der Waals surface area (Å²) in [6.45, 7) is 5.92. The van der Waals surface area contributed by atoms with Gasteiger partial charge >= 0.3 is 5.97 Å². The van der Waals surface area contributed by atoms with Crippen molar-refractivity contribution in [3.63, 3.8) is 0 Å². The first-order chi connectivity index (χ1) is 18.0. The molecule has 3 heterocycles. The van der Waals surface area contributed by atoms with Crippen LogP contribution in [0.4, 0.5) is 0 Å².